The predicted molar refractivity (Wildman–Crippen MR) is 76.0 cm³/mol. The van der Waals surface area contributed by atoms with Crippen molar-refractivity contribution in [3.8, 4) is 23.3 Å². The summed E-state index contributed by atoms with van der Waals surface area (Å²) in [5.74, 6) is 1.90. The van der Waals surface area contributed by atoms with E-state index in [-0.39, 0.29) is 0 Å². The first kappa shape index (κ1) is 13.3. The number of ether oxygens (including phenoxy) is 2. The van der Waals surface area contributed by atoms with Crippen molar-refractivity contribution in [3.63, 3.8) is 0 Å². The molecule has 0 saturated heterocycles. The van der Waals surface area contributed by atoms with Gasteiger partial charge < -0.3 is 9.47 Å². The number of nitriles is 1. The second-order valence-corrected chi connectivity index (χ2v) is 4.57. The van der Waals surface area contributed by atoms with Gasteiger partial charge in [-0.15, -0.1) is 11.8 Å². The van der Waals surface area contributed by atoms with E-state index in [1.807, 2.05) is 30.5 Å². The Labute approximate surface area is 116 Å². The maximum atomic E-state index is 9.11. The summed E-state index contributed by atoms with van der Waals surface area (Å²) in [4.78, 5) is 1.02. The summed E-state index contributed by atoms with van der Waals surface area (Å²) in [6.07, 6.45) is 1.99. The lowest BCUT2D eigenvalue weighted by Gasteiger charge is -2.11. The third kappa shape index (κ3) is 3.01. The van der Waals surface area contributed by atoms with Crippen molar-refractivity contribution in [1.82, 2.24) is 0 Å². The molecule has 4 heteroatoms. The number of methoxy groups -OCH3 is 1. The van der Waals surface area contributed by atoms with Gasteiger partial charge in [-0.2, -0.15) is 5.26 Å². The SMILES string of the molecule is COc1ccc(C#N)c(Oc2ccccc2SC)c1. The van der Waals surface area contributed by atoms with Gasteiger partial charge in [0.15, 0.2) is 0 Å². The van der Waals surface area contributed by atoms with Crippen LogP contribution in [-0.2, 0) is 0 Å². The zero-order valence-corrected chi connectivity index (χ0v) is 11.5. The number of para-hydroxylation sites is 1. The van der Waals surface area contributed by atoms with Crippen molar-refractivity contribution in [2.75, 3.05) is 13.4 Å². The fraction of sp³-hybridized carbons (Fsp3) is 0.133. The number of thioether (sulfide) groups is 1. The van der Waals surface area contributed by atoms with Crippen LogP contribution in [0.15, 0.2) is 47.4 Å². The van der Waals surface area contributed by atoms with Crippen LogP contribution in [0.4, 0.5) is 0 Å². The van der Waals surface area contributed by atoms with Gasteiger partial charge in [-0.05, 0) is 30.5 Å². The molecule has 0 spiro atoms. The molecule has 2 rings (SSSR count). The summed E-state index contributed by atoms with van der Waals surface area (Å²) >= 11 is 1.60. The molecule has 0 amide bonds. The second-order valence-electron chi connectivity index (χ2n) is 3.73. The van der Waals surface area contributed by atoms with E-state index in [1.165, 1.54) is 0 Å². The molecule has 0 radical (unpaired) electrons. The van der Waals surface area contributed by atoms with Crippen molar-refractivity contribution in [2.24, 2.45) is 0 Å². The van der Waals surface area contributed by atoms with Gasteiger partial charge in [-0.1, -0.05) is 12.1 Å². The highest BCUT2D eigenvalue weighted by Gasteiger charge is 2.09. The lowest BCUT2D eigenvalue weighted by molar-refractivity contribution is 0.408. The zero-order valence-electron chi connectivity index (χ0n) is 10.7. The Balaban J connectivity index is 2.39. The number of nitrogens with zero attached hydrogens (tertiary/aromatic N) is 1. The fourth-order valence-corrected chi connectivity index (χ4v) is 2.15. The lowest BCUT2D eigenvalue weighted by Crippen LogP contribution is -1.91. The Morgan fingerprint density at radius 2 is 1.89 bits per heavy atom. The summed E-state index contributed by atoms with van der Waals surface area (Å²) < 4.78 is 11.0. The van der Waals surface area contributed by atoms with E-state index in [0.29, 0.717) is 17.1 Å². The van der Waals surface area contributed by atoms with Gasteiger partial charge >= 0.3 is 0 Å². The van der Waals surface area contributed by atoms with Crippen LogP contribution in [0, 0.1) is 11.3 Å². The summed E-state index contributed by atoms with van der Waals surface area (Å²) in [5.41, 5.74) is 0.483. The predicted octanol–water partition coefficient (Wildman–Crippen LogP) is 4.08. The first-order valence-electron chi connectivity index (χ1n) is 5.67. The van der Waals surface area contributed by atoms with E-state index in [9.17, 15) is 0 Å². The molecule has 0 fully saturated rings. The second kappa shape index (κ2) is 6.17. The highest BCUT2D eigenvalue weighted by Crippen LogP contribution is 2.34. The van der Waals surface area contributed by atoms with Crippen molar-refractivity contribution in [2.45, 2.75) is 4.90 Å². The Morgan fingerprint density at radius 3 is 2.58 bits per heavy atom. The summed E-state index contributed by atoms with van der Waals surface area (Å²) in [6.45, 7) is 0. The molecule has 0 bridgehead atoms. The quantitative estimate of drug-likeness (QED) is 0.786. The molecule has 0 heterocycles. The van der Waals surface area contributed by atoms with E-state index >= 15 is 0 Å². The van der Waals surface area contributed by atoms with Crippen LogP contribution < -0.4 is 9.47 Å². The van der Waals surface area contributed by atoms with E-state index in [0.717, 1.165) is 10.6 Å². The molecule has 19 heavy (non-hydrogen) atoms. The van der Waals surface area contributed by atoms with Crippen LogP contribution in [-0.4, -0.2) is 13.4 Å². The van der Waals surface area contributed by atoms with Crippen molar-refractivity contribution in [3.05, 3.63) is 48.0 Å². The minimum atomic E-state index is 0.483. The third-order valence-corrected chi connectivity index (χ3v) is 3.38. The molecule has 0 aliphatic rings. The molecule has 96 valence electrons. The van der Waals surface area contributed by atoms with Crippen LogP contribution in [0.25, 0.3) is 0 Å². The first-order chi connectivity index (χ1) is 9.28. The fourth-order valence-electron chi connectivity index (χ4n) is 1.63. The Bertz CT molecular complexity index is 620. The molecule has 0 unspecified atom stereocenters. The van der Waals surface area contributed by atoms with Crippen LogP contribution in [0.5, 0.6) is 17.2 Å². The molecule has 0 aliphatic heterocycles. The molecule has 0 atom stereocenters. The first-order valence-corrected chi connectivity index (χ1v) is 6.90. The Morgan fingerprint density at radius 1 is 1.11 bits per heavy atom. The van der Waals surface area contributed by atoms with Crippen LogP contribution in [0.3, 0.4) is 0 Å². The molecule has 2 aromatic rings. The van der Waals surface area contributed by atoms with Gasteiger partial charge in [-0.3, -0.25) is 0 Å². The average molecular weight is 271 g/mol. The monoisotopic (exact) mass is 271 g/mol. The minimum Gasteiger partial charge on any atom is -0.497 e. The normalized spacial score (nSPS) is 9.74. The maximum absolute atomic E-state index is 9.11. The Kier molecular flexibility index (Phi) is 4.32. The van der Waals surface area contributed by atoms with E-state index in [4.69, 9.17) is 14.7 Å². The summed E-state index contributed by atoms with van der Waals surface area (Å²) in [5, 5.41) is 9.11. The van der Waals surface area contributed by atoms with Gasteiger partial charge in [-0.25, -0.2) is 0 Å². The number of hydrogen-bond acceptors (Lipinski definition) is 4. The van der Waals surface area contributed by atoms with Gasteiger partial charge in [0.05, 0.1) is 12.7 Å². The number of hydrogen-bond donors (Lipinski definition) is 0. The maximum Gasteiger partial charge on any atom is 0.148 e. The molecule has 0 saturated carbocycles. The van der Waals surface area contributed by atoms with Gasteiger partial charge in [0, 0.05) is 11.0 Å². The van der Waals surface area contributed by atoms with Gasteiger partial charge in [0.1, 0.15) is 23.3 Å². The molecule has 0 N–H and O–H groups in total. The van der Waals surface area contributed by atoms with Crippen molar-refractivity contribution in [1.29, 1.82) is 5.26 Å². The number of rotatable bonds is 4. The van der Waals surface area contributed by atoms with E-state index in [2.05, 4.69) is 6.07 Å². The van der Waals surface area contributed by atoms with Crippen molar-refractivity contribution >= 4 is 11.8 Å². The highest BCUT2D eigenvalue weighted by molar-refractivity contribution is 7.98. The standard InChI is InChI=1S/C15H13NO2S/c1-17-12-8-7-11(10-16)14(9-12)18-13-5-3-4-6-15(13)19-2/h3-9H,1-2H3. The third-order valence-electron chi connectivity index (χ3n) is 2.60. The van der Waals surface area contributed by atoms with E-state index < -0.39 is 0 Å². The molecule has 3 nitrogen and oxygen atoms in total. The summed E-state index contributed by atoms with van der Waals surface area (Å²) in [7, 11) is 1.58. The average Bonchev–Trinajstić information content (AvgIpc) is 2.47. The lowest BCUT2D eigenvalue weighted by atomic mass is 10.2. The van der Waals surface area contributed by atoms with Crippen LogP contribution >= 0.6 is 11.8 Å². The molecule has 0 aromatic heterocycles. The number of benzene rings is 2. The van der Waals surface area contributed by atoms with E-state index in [1.54, 1.807) is 37.1 Å². The highest BCUT2D eigenvalue weighted by atomic mass is 32.2. The Hall–Kier alpha value is -2.12. The van der Waals surface area contributed by atoms with Gasteiger partial charge in [0.25, 0.3) is 0 Å². The molecular weight excluding hydrogens is 258 g/mol. The smallest absolute Gasteiger partial charge is 0.148 e. The molecular formula is C15H13NO2S. The minimum absolute atomic E-state index is 0.483. The topological polar surface area (TPSA) is 42.2 Å². The van der Waals surface area contributed by atoms with Crippen molar-refractivity contribution < 1.29 is 9.47 Å². The zero-order chi connectivity index (χ0) is 13.7. The van der Waals surface area contributed by atoms with Crippen LogP contribution in [0.2, 0.25) is 0 Å². The molecule has 0 aliphatic carbocycles. The molecule has 2 aromatic carbocycles. The summed E-state index contributed by atoms with van der Waals surface area (Å²) in [6, 6.07) is 15.0. The van der Waals surface area contributed by atoms with Crippen LogP contribution in [0.1, 0.15) is 5.56 Å². The largest absolute Gasteiger partial charge is 0.497 e. The van der Waals surface area contributed by atoms with Gasteiger partial charge in [0.2, 0.25) is 0 Å².